The van der Waals surface area contributed by atoms with E-state index < -0.39 is 0 Å². The van der Waals surface area contributed by atoms with Crippen molar-refractivity contribution in [2.75, 3.05) is 283 Å². The van der Waals surface area contributed by atoms with Crippen LogP contribution in [0.15, 0.2) is 12.1 Å². The summed E-state index contributed by atoms with van der Waals surface area (Å²) in [5, 5.41) is 0. The molecule has 0 aliphatic heterocycles. The predicted molar refractivity (Wildman–Crippen MR) is 439 cm³/mol. The summed E-state index contributed by atoms with van der Waals surface area (Å²) in [6, 6.07) is 5.46. The third kappa shape index (κ3) is 40.4. The third-order valence-electron chi connectivity index (χ3n) is 20.5. The molecule has 0 atom stereocenters. The Balaban J connectivity index is 1.85. The number of thiophene rings is 2. The van der Waals surface area contributed by atoms with Gasteiger partial charge in [-0.15, -0.1) is 22.7 Å². The van der Waals surface area contributed by atoms with Gasteiger partial charge in [0.2, 0.25) is 0 Å². The largest absolute Gasteiger partial charge is 0.309 e. The van der Waals surface area contributed by atoms with Gasteiger partial charge in [-0.1, -0.05) is 80.1 Å². The highest BCUT2D eigenvalue weighted by Gasteiger charge is 2.46. The summed E-state index contributed by atoms with van der Waals surface area (Å²) >= 11 is 4.29. The summed E-state index contributed by atoms with van der Waals surface area (Å²) in [6.45, 7) is 46.0. The fraction of sp³-hybridized carbons (Fsp3) is 0.902. The van der Waals surface area contributed by atoms with E-state index in [1.165, 1.54) is 318 Å². The Morgan fingerprint density at radius 1 is 0.224 bits per heavy atom. The van der Waals surface area contributed by atoms with E-state index in [4.69, 9.17) is 0 Å². The summed E-state index contributed by atoms with van der Waals surface area (Å²) in [6.07, 6.45) is 29.5. The van der Waals surface area contributed by atoms with E-state index in [-0.39, 0.29) is 16.2 Å². The quantitative estimate of drug-likeness (QED) is 0.0591. The Morgan fingerprint density at radius 3 is 0.592 bits per heavy atom. The van der Waals surface area contributed by atoms with Crippen molar-refractivity contribution in [1.82, 2.24) is 68.6 Å². The highest BCUT2D eigenvalue weighted by atomic mass is 32.1. The smallest absolute Gasteiger partial charge is 0.0490 e. The molecular weight excluding hydrogens is 1250 g/mol. The van der Waals surface area contributed by atoms with Gasteiger partial charge in [-0.25, -0.2) is 0 Å². The lowest BCUT2D eigenvalue weighted by atomic mass is 9.70. The average molecular weight is 1410 g/mol. The zero-order chi connectivity index (χ0) is 72.5. The van der Waals surface area contributed by atoms with Gasteiger partial charge in [-0.2, -0.15) is 0 Å². The molecule has 1 aliphatic rings. The summed E-state index contributed by atoms with van der Waals surface area (Å²) in [7, 11) is 35.6. The van der Waals surface area contributed by atoms with E-state index >= 15 is 0 Å². The molecule has 0 unspecified atom stereocenters. The van der Waals surface area contributed by atoms with Crippen molar-refractivity contribution in [3.8, 4) is 9.75 Å². The SMILES string of the molecule is CN(C)CCCCN(CCCN(C)C)CCCN(CCCCCCC1(CCCCCCN(CCCN(CCCN(C)C)CCCN(C)C)CCCN(CCCN(C)C)CCCN(C)C)c2cc(C(C)(C)C)sc2-c2sc(C(C)(C)C)cc21)CCCN(CCCN(C)C)CCCN(C)C. The molecule has 0 N–H and O–H groups in total. The van der Waals surface area contributed by atoms with Crippen LogP contribution in [0.5, 0.6) is 0 Å². The van der Waals surface area contributed by atoms with E-state index in [1.54, 1.807) is 30.6 Å². The van der Waals surface area contributed by atoms with Gasteiger partial charge in [0.25, 0.3) is 0 Å². The number of fused-ring (bicyclic) bond motifs is 3. The molecule has 0 spiro atoms. The molecule has 0 bridgehead atoms. The predicted octanol–water partition coefficient (Wildman–Crippen LogP) is 13.9. The van der Waals surface area contributed by atoms with Gasteiger partial charge < -0.3 is 68.6 Å². The number of rotatable bonds is 63. The molecule has 2 aromatic heterocycles. The standard InChI is InChI=1S/C82H166N14S2/c1-80(2,3)76-72-74-78(97-76)79-75(73-77(98-79)81(4,5)6)82(74,45-28-24-26-30-55-92(66-42-70-95(60-36-50-87(15)16)61-37-51-88(17)18)67-43-71-96(62-38-52-89(19)20)63-39-53-90(21)22)44-27-23-25-29-54-91(65-41-69-94(58-34-48-85(11)12)59-35-49-86(13)14)64-40-68-93(57-33-47-84(9)10)56-32-31-46-83(7)8/h72-73H,23-71H2,1-22H3. The lowest BCUT2D eigenvalue weighted by molar-refractivity contribution is 0.193. The fourth-order valence-corrected chi connectivity index (χ4v) is 17.5. The van der Waals surface area contributed by atoms with Crippen molar-refractivity contribution in [1.29, 1.82) is 0 Å². The maximum absolute atomic E-state index is 2.91. The van der Waals surface area contributed by atoms with E-state index in [1.807, 2.05) is 0 Å². The lowest BCUT2D eigenvalue weighted by Gasteiger charge is -2.32. The Hall–Kier alpha value is -1.16. The molecule has 98 heavy (non-hydrogen) atoms. The molecule has 576 valence electrons. The van der Waals surface area contributed by atoms with E-state index in [0.717, 1.165) is 0 Å². The second-order valence-electron chi connectivity index (χ2n) is 34.7. The average Bonchev–Trinajstić information content (AvgIpc) is 1.54. The molecule has 1 aliphatic carbocycles. The van der Waals surface area contributed by atoms with Crippen molar-refractivity contribution in [3.63, 3.8) is 0 Å². The Kier molecular flexibility index (Phi) is 47.5. The summed E-state index contributed by atoms with van der Waals surface area (Å²) in [4.78, 5) is 42.3. The molecular formula is C82H166N14S2. The first-order valence-corrected chi connectivity index (χ1v) is 41.9. The van der Waals surface area contributed by atoms with Crippen molar-refractivity contribution < 1.29 is 0 Å². The minimum atomic E-state index is 0.106. The van der Waals surface area contributed by atoms with Gasteiger partial charge in [0.15, 0.2) is 0 Å². The second-order valence-corrected chi connectivity index (χ2v) is 36.8. The number of hydrogen-bond acceptors (Lipinski definition) is 16. The van der Waals surface area contributed by atoms with Gasteiger partial charge in [0, 0.05) is 24.9 Å². The minimum absolute atomic E-state index is 0.106. The topological polar surface area (TPSA) is 45.4 Å². The molecule has 0 radical (unpaired) electrons. The molecule has 0 amide bonds. The van der Waals surface area contributed by atoms with E-state index in [0.29, 0.717) is 0 Å². The van der Waals surface area contributed by atoms with Crippen LogP contribution in [0.3, 0.4) is 0 Å². The van der Waals surface area contributed by atoms with Crippen LogP contribution in [0.1, 0.15) is 210 Å². The Bertz CT molecular complexity index is 2090. The number of unbranched alkanes of at least 4 members (excludes halogenated alkanes) is 7. The first-order chi connectivity index (χ1) is 46.5. The maximum Gasteiger partial charge on any atom is 0.0490 e. The molecule has 2 heterocycles. The Labute approximate surface area is 618 Å². The number of nitrogens with zero attached hydrogens (tertiary/aromatic N) is 14. The summed E-state index contributed by atoms with van der Waals surface area (Å²) in [5.41, 5.74) is 3.79. The Morgan fingerprint density at radius 2 is 0.388 bits per heavy atom. The summed E-state index contributed by atoms with van der Waals surface area (Å²) in [5.74, 6) is 0. The van der Waals surface area contributed by atoms with Gasteiger partial charge in [0.05, 0.1) is 0 Å². The first-order valence-electron chi connectivity index (χ1n) is 40.3. The molecule has 0 saturated heterocycles. The second kappa shape index (κ2) is 51.1. The lowest BCUT2D eigenvalue weighted by Crippen LogP contribution is -2.36. The zero-order valence-electron chi connectivity index (χ0n) is 69.4. The van der Waals surface area contributed by atoms with Crippen LogP contribution in [-0.4, -0.2) is 352 Å². The van der Waals surface area contributed by atoms with E-state index in [9.17, 15) is 0 Å². The molecule has 0 aromatic carbocycles. The van der Waals surface area contributed by atoms with Crippen LogP contribution < -0.4 is 0 Å². The monoisotopic (exact) mass is 1410 g/mol. The molecule has 3 rings (SSSR count). The van der Waals surface area contributed by atoms with E-state index in [2.05, 4.69) is 258 Å². The van der Waals surface area contributed by atoms with Crippen LogP contribution in [0.4, 0.5) is 0 Å². The van der Waals surface area contributed by atoms with Gasteiger partial charge in [-0.3, -0.25) is 0 Å². The highest BCUT2D eigenvalue weighted by Crippen LogP contribution is 2.61. The van der Waals surface area contributed by atoms with Crippen molar-refractivity contribution in [2.45, 2.75) is 205 Å². The molecule has 14 nitrogen and oxygen atoms in total. The highest BCUT2D eigenvalue weighted by molar-refractivity contribution is 7.23. The van der Waals surface area contributed by atoms with Crippen LogP contribution >= 0.6 is 22.7 Å². The van der Waals surface area contributed by atoms with Crippen molar-refractivity contribution in [2.24, 2.45) is 0 Å². The van der Waals surface area contributed by atoms with Crippen LogP contribution in [0.2, 0.25) is 0 Å². The van der Waals surface area contributed by atoms with Crippen LogP contribution in [0.25, 0.3) is 9.75 Å². The maximum atomic E-state index is 2.91. The molecule has 2 aromatic rings. The minimum Gasteiger partial charge on any atom is -0.309 e. The van der Waals surface area contributed by atoms with Gasteiger partial charge in [0.1, 0.15) is 0 Å². The molecule has 0 saturated carbocycles. The number of hydrogen-bond donors (Lipinski definition) is 0. The molecule has 0 fully saturated rings. The third-order valence-corrected chi connectivity index (χ3v) is 23.8. The fourth-order valence-electron chi connectivity index (χ4n) is 14.7. The van der Waals surface area contributed by atoms with Crippen molar-refractivity contribution in [3.05, 3.63) is 33.0 Å². The van der Waals surface area contributed by atoms with Gasteiger partial charge in [-0.05, 0) is 426 Å². The van der Waals surface area contributed by atoms with Crippen LogP contribution in [-0.2, 0) is 16.2 Å². The van der Waals surface area contributed by atoms with Crippen molar-refractivity contribution >= 4 is 22.7 Å². The normalized spacial score (nSPS) is 13.9. The van der Waals surface area contributed by atoms with Gasteiger partial charge >= 0.3 is 0 Å². The van der Waals surface area contributed by atoms with Crippen LogP contribution in [0, 0.1) is 0 Å². The molecule has 16 heteroatoms. The zero-order valence-corrected chi connectivity index (χ0v) is 71.0. The summed E-state index contributed by atoms with van der Waals surface area (Å²) < 4.78 is 0. The first kappa shape index (κ1) is 91.1.